The summed E-state index contributed by atoms with van der Waals surface area (Å²) in [5.41, 5.74) is 11.3. The van der Waals surface area contributed by atoms with E-state index in [1.54, 1.807) is 13.8 Å². The molecular formula is C30H32F6N6O4. The summed E-state index contributed by atoms with van der Waals surface area (Å²) in [7, 11) is 0. The van der Waals surface area contributed by atoms with Gasteiger partial charge in [-0.2, -0.15) is 36.5 Å². The van der Waals surface area contributed by atoms with Gasteiger partial charge < -0.3 is 20.9 Å². The molecule has 2 aromatic heterocycles. The van der Waals surface area contributed by atoms with Crippen LogP contribution < -0.4 is 11.5 Å². The third-order valence-corrected chi connectivity index (χ3v) is 7.18. The van der Waals surface area contributed by atoms with Gasteiger partial charge >= 0.3 is 24.3 Å². The zero-order valence-corrected chi connectivity index (χ0v) is 24.9. The average molecular weight is 655 g/mol. The second-order valence-electron chi connectivity index (χ2n) is 10.3. The summed E-state index contributed by atoms with van der Waals surface area (Å²) in [5.74, 6) is -1.96. The fraction of sp³-hybridized carbons (Fsp3) is 0.400. The highest BCUT2D eigenvalue weighted by atomic mass is 19.4. The van der Waals surface area contributed by atoms with E-state index >= 15 is 0 Å². The third kappa shape index (κ3) is 7.85. The normalized spacial score (nSPS) is 13.9. The molecule has 10 nitrogen and oxygen atoms in total. The van der Waals surface area contributed by atoms with Crippen LogP contribution in [-0.2, 0) is 57.3 Å². The van der Waals surface area contributed by atoms with Crippen molar-refractivity contribution in [1.29, 1.82) is 0 Å². The number of carbonyl (C=O) groups is 2. The zero-order valence-electron chi connectivity index (χ0n) is 24.9. The van der Waals surface area contributed by atoms with Crippen molar-refractivity contribution < 1.29 is 45.4 Å². The lowest BCUT2D eigenvalue weighted by molar-refractivity contribution is -0.146. The molecule has 4 rings (SSSR count). The van der Waals surface area contributed by atoms with Crippen LogP contribution in [0.25, 0.3) is 21.8 Å². The minimum absolute atomic E-state index is 0.152. The molecule has 0 amide bonds. The molecule has 0 fully saturated rings. The Kier molecular flexibility index (Phi) is 10.4. The van der Waals surface area contributed by atoms with Crippen molar-refractivity contribution in [2.75, 3.05) is 13.1 Å². The Balaban J connectivity index is 1.42. The van der Waals surface area contributed by atoms with E-state index in [1.807, 2.05) is 0 Å². The van der Waals surface area contributed by atoms with Crippen molar-refractivity contribution in [1.82, 2.24) is 19.6 Å². The summed E-state index contributed by atoms with van der Waals surface area (Å²) >= 11 is 0. The Labute approximate surface area is 258 Å². The molecular weight excluding hydrogens is 622 g/mol. The van der Waals surface area contributed by atoms with E-state index in [2.05, 4.69) is 10.2 Å². The molecule has 2 aromatic carbocycles. The molecule has 16 heteroatoms. The maximum absolute atomic E-state index is 13.3. The summed E-state index contributed by atoms with van der Waals surface area (Å²) in [6.45, 7) is 2.89. The summed E-state index contributed by atoms with van der Waals surface area (Å²) < 4.78 is 93.1. The molecule has 0 saturated heterocycles. The van der Waals surface area contributed by atoms with Crippen molar-refractivity contribution >= 4 is 33.7 Å². The van der Waals surface area contributed by atoms with Gasteiger partial charge in [0.05, 0.1) is 46.6 Å². The first-order chi connectivity index (χ1) is 21.7. The molecule has 0 bridgehead atoms. The highest BCUT2D eigenvalue weighted by molar-refractivity contribution is 5.92. The predicted octanol–water partition coefficient (Wildman–Crippen LogP) is 4.55. The number of halogens is 6. The number of aryl methyl sites for hydroxylation is 2. The Morgan fingerprint density at radius 2 is 1.11 bits per heavy atom. The minimum Gasteiger partial charge on any atom is -0.456 e. The number of hydrogen-bond donors (Lipinski definition) is 2. The molecule has 2 unspecified atom stereocenters. The Morgan fingerprint density at radius 1 is 0.739 bits per heavy atom. The Hall–Kier alpha value is -4.44. The number of carbonyl (C=O) groups excluding carboxylic acids is 2. The van der Waals surface area contributed by atoms with Crippen LogP contribution in [0.3, 0.4) is 0 Å². The number of fused-ring (bicyclic) bond motifs is 2. The van der Waals surface area contributed by atoms with Gasteiger partial charge in [0.2, 0.25) is 0 Å². The van der Waals surface area contributed by atoms with Gasteiger partial charge in [-0.25, -0.2) is 9.59 Å². The Morgan fingerprint density at radius 3 is 1.41 bits per heavy atom. The van der Waals surface area contributed by atoms with E-state index in [1.165, 1.54) is 21.5 Å². The molecule has 0 aliphatic carbocycles. The number of alkyl halides is 6. The van der Waals surface area contributed by atoms with Gasteiger partial charge in [0.1, 0.15) is 12.2 Å². The molecule has 0 radical (unpaired) electrons. The van der Waals surface area contributed by atoms with Crippen LogP contribution in [-0.4, -0.2) is 56.8 Å². The van der Waals surface area contributed by atoms with Crippen LogP contribution in [0.15, 0.2) is 48.6 Å². The first kappa shape index (κ1) is 34.4. The maximum atomic E-state index is 13.3. The van der Waals surface area contributed by atoms with Crippen LogP contribution in [0.5, 0.6) is 0 Å². The van der Waals surface area contributed by atoms with Crippen LogP contribution in [0.2, 0.25) is 0 Å². The molecule has 0 spiro atoms. The van der Waals surface area contributed by atoms with Crippen molar-refractivity contribution in [3.63, 3.8) is 0 Å². The average Bonchev–Trinajstić information content (AvgIpc) is 3.55. The van der Waals surface area contributed by atoms with Crippen LogP contribution >= 0.6 is 0 Å². The highest BCUT2D eigenvalue weighted by Gasteiger charge is 2.32. The molecule has 2 atom stereocenters. The minimum atomic E-state index is -4.57. The zero-order chi connectivity index (χ0) is 33.8. The van der Waals surface area contributed by atoms with Gasteiger partial charge in [-0.1, -0.05) is 26.0 Å². The van der Waals surface area contributed by atoms with Crippen molar-refractivity contribution in [2.45, 2.75) is 64.3 Å². The van der Waals surface area contributed by atoms with Gasteiger partial charge in [0.25, 0.3) is 0 Å². The fourth-order valence-electron chi connectivity index (χ4n) is 4.89. The van der Waals surface area contributed by atoms with E-state index in [0.29, 0.717) is 35.0 Å². The lowest BCUT2D eigenvalue weighted by Gasteiger charge is -2.17. The molecule has 0 saturated carbocycles. The molecule has 4 aromatic rings. The fourth-order valence-corrected chi connectivity index (χ4v) is 4.89. The van der Waals surface area contributed by atoms with Crippen LogP contribution in [0.1, 0.15) is 36.4 Å². The monoisotopic (exact) mass is 654 g/mol. The summed E-state index contributed by atoms with van der Waals surface area (Å²) in [5, 5.41) is 9.75. The molecule has 4 N–H and O–H groups in total. The van der Waals surface area contributed by atoms with E-state index < -0.39 is 47.6 Å². The first-order valence-corrected chi connectivity index (χ1v) is 14.3. The number of esters is 2. The van der Waals surface area contributed by atoms with Gasteiger partial charge in [0, 0.05) is 36.0 Å². The van der Waals surface area contributed by atoms with Crippen LogP contribution in [0.4, 0.5) is 26.3 Å². The quantitative estimate of drug-likeness (QED) is 0.129. The lowest BCUT2D eigenvalue weighted by atomic mass is 10.1. The van der Waals surface area contributed by atoms with Crippen molar-refractivity contribution in [3.05, 3.63) is 71.1 Å². The topological polar surface area (TPSA) is 140 Å². The standard InChI is InChI=1S/C30H32F6N6O4/c1-3-23-21-7-5-17(29(31,32)33)11-25(21)41(39-23)15-19(13-37)45-27(43)9-10-28(44)46-20(14-38)16-42-26-12-18(30(34,35)36)6-8-22(26)24(4-2)40-42/h5-12,19-20H,3-4,13-16,37-38H2,1-2H3/b10-9+. The van der Waals surface area contributed by atoms with Crippen LogP contribution in [0, 0.1) is 0 Å². The Bertz CT molecular complexity index is 1620. The van der Waals surface area contributed by atoms with Gasteiger partial charge in [-0.05, 0) is 37.1 Å². The summed E-state index contributed by atoms with van der Waals surface area (Å²) in [6.07, 6.45) is -8.69. The second-order valence-corrected chi connectivity index (χ2v) is 10.3. The highest BCUT2D eigenvalue weighted by Crippen LogP contribution is 2.34. The number of hydrogen-bond acceptors (Lipinski definition) is 8. The third-order valence-electron chi connectivity index (χ3n) is 7.18. The van der Waals surface area contributed by atoms with Crippen molar-refractivity contribution in [3.8, 4) is 0 Å². The molecule has 46 heavy (non-hydrogen) atoms. The molecule has 248 valence electrons. The van der Waals surface area contributed by atoms with Crippen molar-refractivity contribution in [2.24, 2.45) is 11.5 Å². The number of ether oxygens (including phenoxy) is 2. The second kappa shape index (κ2) is 13.9. The number of benzene rings is 2. The predicted molar refractivity (Wildman–Crippen MR) is 155 cm³/mol. The molecule has 0 aliphatic rings. The maximum Gasteiger partial charge on any atom is 0.416 e. The van der Waals surface area contributed by atoms with Gasteiger partial charge in [-0.3, -0.25) is 9.36 Å². The lowest BCUT2D eigenvalue weighted by Crippen LogP contribution is -2.32. The van der Waals surface area contributed by atoms with E-state index in [0.717, 1.165) is 36.4 Å². The number of rotatable bonds is 12. The summed E-state index contributed by atoms with van der Waals surface area (Å²) in [6, 6.07) is 6.54. The number of nitrogens with zero attached hydrogens (tertiary/aromatic N) is 4. The number of nitrogens with two attached hydrogens (primary N) is 2. The van der Waals surface area contributed by atoms with E-state index in [-0.39, 0.29) is 37.2 Å². The largest absolute Gasteiger partial charge is 0.456 e. The van der Waals surface area contributed by atoms with Gasteiger partial charge in [-0.15, -0.1) is 0 Å². The van der Waals surface area contributed by atoms with E-state index in [9.17, 15) is 35.9 Å². The number of aromatic nitrogens is 4. The smallest absolute Gasteiger partial charge is 0.416 e. The van der Waals surface area contributed by atoms with E-state index in [4.69, 9.17) is 20.9 Å². The molecule has 0 aliphatic heterocycles. The molecule has 2 heterocycles. The SMILES string of the molecule is CCc1nn(CC(CN)OC(=O)/C=C/C(=O)OC(CN)Cn2nc(CC)c3ccc(C(F)(F)F)cc32)c2cc(C(F)(F)F)ccc12. The summed E-state index contributed by atoms with van der Waals surface area (Å²) in [4.78, 5) is 25.0. The first-order valence-electron chi connectivity index (χ1n) is 14.3. The van der Waals surface area contributed by atoms with Gasteiger partial charge in [0.15, 0.2) is 0 Å².